The number of rotatable bonds is 7. The normalized spacial score (nSPS) is 21.6. The van der Waals surface area contributed by atoms with Crippen molar-refractivity contribution < 1.29 is 63.9 Å². The number of fused-ring (bicyclic) bond motifs is 1. The first-order valence-electron chi connectivity index (χ1n) is 13.4. The van der Waals surface area contributed by atoms with Crippen molar-refractivity contribution in [3.63, 3.8) is 0 Å². The van der Waals surface area contributed by atoms with Crippen LogP contribution in [0.3, 0.4) is 0 Å². The molecule has 4 aromatic rings. The molecule has 0 amide bonds. The number of benzene rings is 3. The van der Waals surface area contributed by atoms with Crippen molar-refractivity contribution in [1.29, 1.82) is 0 Å². The van der Waals surface area contributed by atoms with Crippen LogP contribution in [0.15, 0.2) is 63.8 Å². The maximum Gasteiger partial charge on any atom is 0.331 e. The summed E-state index contributed by atoms with van der Waals surface area (Å²) in [6.45, 7) is 1.41. The summed E-state index contributed by atoms with van der Waals surface area (Å²) in [6, 6.07) is 9.73. The summed E-state index contributed by atoms with van der Waals surface area (Å²) in [6.07, 6.45) is -5.47. The summed E-state index contributed by atoms with van der Waals surface area (Å²) in [7, 11) is 1.36. The minimum atomic E-state index is -1.87. The molecule has 0 aliphatic carbocycles. The molecule has 2 heterocycles. The van der Waals surface area contributed by atoms with E-state index < -0.39 is 76.2 Å². The molecule has 1 aliphatic rings. The minimum absolute atomic E-state index is 0.0134. The van der Waals surface area contributed by atoms with Crippen LogP contribution in [0.5, 0.6) is 40.2 Å². The minimum Gasteiger partial charge on any atom is -0.508 e. The van der Waals surface area contributed by atoms with Crippen LogP contribution in [0.25, 0.3) is 28.4 Å². The molecule has 45 heavy (non-hydrogen) atoms. The van der Waals surface area contributed by atoms with E-state index in [1.807, 2.05) is 0 Å². The Balaban J connectivity index is 1.48. The fourth-order valence-corrected chi connectivity index (χ4v) is 4.72. The van der Waals surface area contributed by atoms with Crippen LogP contribution in [0, 0.1) is 0 Å². The number of methoxy groups -OCH3 is 1. The van der Waals surface area contributed by atoms with Crippen LogP contribution in [0.4, 0.5) is 0 Å². The zero-order valence-corrected chi connectivity index (χ0v) is 23.6. The Morgan fingerprint density at radius 3 is 2.33 bits per heavy atom. The number of ether oxygens (including phenoxy) is 4. The van der Waals surface area contributed by atoms with Crippen LogP contribution >= 0.6 is 0 Å². The topological polar surface area (TPSA) is 226 Å². The van der Waals surface area contributed by atoms with E-state index in [-0.39, 0.29) is 28.4 Å². The molecule has 14 nitrogen and oxygen atoms in total. The Labute approximate surface area is 253 Å². The standard InChI is InChI=1S/C31H28O14/c1-13-25(38)29(44-23(37)8-4-14-3-6-18(34)21(9-14)41-2)27(40)31(42-13)45-30-26(39)24-20(36)11-16(32)12-22(24)43-28(30)15-5-7-17(33)19(35)10-15/h3-13,25,27,29,31-36,38,40H,1-2H3. The van der Waals surface area contributed by atoms with Crippen LogP contribution in [0.1, 0.15) is 12.5 Å². The largest absolute Gasteiger partial charge is 0.508 e. The van der Waals surface area contributed by atoms with Crippen LogP contribution < -0.4 is 14.9 Å². The fourth-order valence-electron chi connectivity index (χ4n) is 4.72. The Kier molecular flexibility index (Phi) is 8.46. The van der Waals surface area contributed by atoms with Crippen molar-refractivity contribution in [1.82, 2.24) is 0 Å². The molecule has 5 rings (SSSR count). The Morgan fingerprint density at radius 1 is 0.889 bits per heavy atom. The van der Waals surface area contributed by atoms with Crippen LogP contribution in [-0.2, 0) is 14.3 Å². The molecular weight excluding hydrogens is 596 g/mol. The highest BCUT2D eigenvalue weighted by Crippen LogP contribution is 2.39. The molecule has 5 unspecified atom stereocenters. The first-order chi connectivity index (χ1) is 21.4. The number of aromatic hydroxyl groups is 5. The van der Waals surface area contributed by atoms with Gasteiger partial charge in [-0.1, -0.05) is 6.07 Å². The lowest BCUT2D eigenvalue weighted by Crippen LogP contribution is -2.59. The molecule has 0 bridgehead atoms. The third-order valence-corrected chi connectivity index (χ3v) is 7.04. The zero-order valence-electron chi connectivity index (χ0n) is 23.6. The number of esters is 1. The second-order valence-corrected chi connectivity index (χ2v) is 10.1. The lowest BCUT2D eigenvalue weighted by molar-refractivity contribution is -0.271. The molecule has 3 aromatic carbocycles. The third-order valence-electron chi connectivity index (χ3n) is 7.04. The van der Waals surface area contributed by atoms with Crippen LogP contribution in [-0.4, -0.2) is 79.5 Å². The average Bonchev–Trinajstić information content (AvgIpc) is 2.99. The van der Waals surface area contributed by atoms with E-state index >= 15 is 0 Å². The van der Waals surface area contributed by atoms with Gasteiger partial charge in [0.2, 0.25) is 17.5 Å². The number of aliphatic hydroxyl groups is 2. The Morgan fingerprint density at radius 2 is 1.62 bits per heavy atom. The predicted molar refractivity (Wildman–Crippen MR) is 155 cm³/mol. The number of carbonyl (C=O) groups excluding carboxylic acids is 1. The molecular formula is C31H28O14. The van der Waals surface area contributed by atoms with Gasteiger partial charge in [0.05, 0.1) is 13.2 Å². The lowest BCUT2D eigenvalue weighted by atomic mass is 9.99. The van der Waals surface area contributed by atoms with E-state index in [0.717, 1.165) is 30.3 Å². The van der Waals surface area contributed by atoms with Crippen molar-refractivity contribution in [2.75, 3.05) is 7.11 Å². The van der Waals surface area contributed by atoms with Gasteiger partial charge in [-0.3, -0.25) is 4.79 Å². The van der Waals surface area contributed by atoms with E-state index in [1.165, 1.54) is 44.4 Å². The van der Waals surface area contributed by atoms with E-state index in [2.05, 4.69) is 0 Å². The van der Waals surface area contributed by atoms with Gasteiger partial charge >= 0.3 is 5.97 Å². The maximum absolute atomic E-state index is 13.6. The van der Waals surface area contributed by atoms with Gasteiger partial charge in [-0.15, -0.1) is 0 Å². The van der Waals surface area contributed by atoms with E-state index in [1.54, 1.807) is 0 Å². The molecule has 1 aliphatic heterocycles. The highest BCUT2D eigenvalue weighted by atomic mass is 16.7. The molecule has 1 saturated heterocycles. The smallest absolute Gasteiger partial charge is 0.331 e. The highest BCUT2D eigenvalue weighted by Gasteiger charge is 2.47. The molecule has 1 fully saturated rings. The Hall–Kier alpha value is -5.44. The van der Waals surface area contributed by atoms with Crippen molar-refractivity contribution in [2.24, 2.45) is 0 Å². The number of phenols is 5. The van der Waals surface area contributed by atoms with Crippen molar-refractivity contribution >= 4 is 23.0 Å². The molecule has 0 radical (unpaired) electrons. The second kappa shape index (κ2) is 12.3. The van der Waals surface area contributed by atoms with Crippen molar-refractivity contribution in [2.45, 2.75) is 37.6 Å². The zero-order chi connectivity index (χ0) is 32.6. The summed E-state index contributed by atoms with van der Waals surface area (Å²) in [4.78, 5) is 26.3. The monoisotopic (exact) mass is 624 g/mol. The van der Waals surface area contributed by atoms with E-state index in [9.17, 15) is 45.3 Å². The Bertz CT molecular complexity index is 1840. The van der Waals surface area contributed by atoms with Crippen molar-refractivity contribution in [3.05, 3.63) is 70.4 Å². The van der Waals surface area contributed by atoms with Gasteiger partial charge in [0.15, 0.2) is 41.0 Å². The average molecular weight is 625 g/mol. The molecule has 14 heteroatoms. The fraction of sp³-hybridized carbons (Fsp3) is 0.226. The van der Waals surface area contributed by atoms with Gasteiger partial charge in [-0.05, 0) is 48.9 Å². The molecule has 0 saturated carbocycles. The maximum atomic E-state index is 13.6. The number of hydrogen-bond acceptors (Lipinski definition) is 14. The van der Waals surface area contributed by atoms with Gasteiger partial charge < -0.3 is 59.1 Å². The summed E-state index contributed by atoms with van der Waals surface area (Å²) in [5, 5.41) is 71.3. The summed E-state index contributed by atoms with van der Waals surface area (Å²) in [5.74, 6) is -3.99. The molecule has 7 N–H and O–H groups in total. The van der Waals surface area contributed by atoms with Crippen LogP contribution in [0.2, 0.25) is 0 Å². The predicted octanol–water partition coefficient (Wildman–Crippen LogP) is 2.47. The molecule has 5 atom stereocenters. The van der Waals surface area contributed by atoms with E-state index in [0.29, 0.717) is 5.56 Å². The van der Waals surface area contributed by atoms with Crippen molar-refractivity contribution in [3.8, 4) is 51.6 Å². The summed E-state index contributed by atoms with van der Waals surface area (Å²) < 4.78 is 27.5. The SMILES string of the molecule is COc1cc(C=CC(=O)OC2C(O)C(C)OC(Oc3c(-c4ccc(O)c(O)c4)oc4cc(O)cc(O)c4c3=O)C2O)ccc1O. The quantitative estimate of drug-likeness (QED) is 0.0891. The van der Waals surface area contributed by atoms with Gasteiger partial charge in [-0.25, -0.2) is 4.79 Å². The first kappa shape index (κ1) is 31.0. The molecule has 0 spiro atoms. The van der Waals surface area contributed by atoms with E-state index in [4.69, 9.17) is 23.4 Å². The van der Waals surface area contributed by atoms with Gasteiger partial charge in [0.25, 0.3) is 0 Å². The summed E-state index contributed by atoms with van der Waals surface area (Å²) >= 11 is 0. The first-order valence-corrected chi connectivity index (χ1v) is 13.4. The van der Waals surface area contributed by atoms with Gasteiger partial charge in [-0.2, -0.15) is 0 Å². The summed E-state index contributed by atoms with van der Waals surface area (Å²) in [5.41, 5.74) is -0.742. The molecule has 236 valence electrons. The van der Waals surface area contributed by atoms with Gasteiger partial charge in [0.1, 0.15) is 28.6 Å². The third kappa shape index (κ3) is 6.15. The lowest BCUT2D eigenvalue weighted by Gasteiger charge is -2.40. The second-order valence-electron chi connectivity index (χ2n) is 10.1. The number of carbonyl (C=O) groups is 1. The number of aliphatic hydroxyl groups excluding tert-OH is 2. The number of phenolic OH excluding ortho intramolecular Hbond substituents is 5. The number of hydrogen-bond donors (Lipinski definition) is 7. The van der Waals surface area contributed by atoms with Gasteiger partial charge in [0, 0.05) is 23.8 Å². The highest BCUT2D eigenvalue weighted by molar-refractivity contribution is 5.89. The molecule has 1 aromatic heterocycles.